The SMILES string of the molecule is COC(=O)Nc1ccc(NCc2ccco2)nc1. The third-order valence-electron chi connectivity index (χ3n) is 2.22. The molecule has 94 valence electrons. The number of amides is 1. The van der Waals surface area contributed by atoms with Crippen LogP contribution in [0.4, 0.5) is 16.3 Å². The van der Waals surface area contributed by atoms with E-state index in [2.05, 4.69) is 20.4 Å². The zero-order chi connectivity index (χ0) is 12.8. The second-order valence-corrected chi connectivity index (χ2v) is 3.48. The van der Waals surface area contributed by atoms with E-state index in [1.807, 2.05) is 12.1 Å². The van der Waals surface area contributed by atoms with Crippen molar-refractivity contribution in [2.24, 2.45) is 0 Å². The third-order valence-corrected chi connectivity index (χ3v) is 2.22. The van der Waals surface area contributed by atoms with Gasteiger partial charge in [0.2, 0.25) is 0 Å². The van der Waals surface area contributed by atoms with Gasteiger partial charge in [-0.05, 0) is 24.3 Å². The Morgan fingerprint density at radius 3 is 2.94 bits per heavy atom. The van der Waals surface area contributed by atoms with E-state index in [-0.39, 0.29) is 0 Å². The maximum Gasteiger partial charge on any atom is 0.411 e. The van der Waals surface area contributed by atoms with Crippen molar-refractivity contribution in [1.29, 1.82) is 0 Å². The Morgan fingerprint density at radius 1 is 1.44 bits per heavy atom. The largest absolute Gasteiger partial charge is 0.467 e. The van der Waals surface area contributed by atoms with Crippen LogP contribution in [0.1, 0.15) is 5.76 Å². The van der Waals surface area contributed by atoms with Gasteiger partial charge < -0.3 is 14.5 Å². The number of carbonyl (C=O) groups is 1. The van der Waals surface area contributed by atoms with Gasteiger partial charge in [-0.1, -0.05) is 0 Å². The van der Waals surface area contributed by atoms with E-state index in [4.69, 9.17) is 4.42 Å². The monoisotopic (exact) mass is 247 g/mol. The molecule has 0 aliphatic carbocycles. The Kier molecular flexibility index (Phi) is 3.80. The van der Waals surface area contributed by atoms with Crippen LogP contribution in [0.25, 0.3) is 0 Å². The van der Waals surface area contributed by atoms with Crippen LogP contribution in [-0.2, 0) is 11.3 Å². The Balaban J connectivity index is 1.89. The molecule has 2 N–H and O–H groups in total. The second-order valence-electron chi connectivity index (χ2n) is 3.48. The van der Waals surface area contributed by atoms with Crippen LogP contribution < -0.4 is 10.6 Å². The lowest BCUT2D eigenvalue weighted by Gasteiger charge is -2.05. The molecule has 0 saturated heterocycles. The van der Waals surface area contributed by atoms with E-state index < -0.39 is 6.09 Å². The first-order valence-corrected chi connectivity index (χ1v) is 5.35. The maximum atomic E-state index is 11.0. The summed E-state index contributed by atoms with van der Waals surface area (Å²) in [5.74, 6) is 1.52. The molecule has 0 atom stereocenters. The highest BCUT2D eigenvalue weighted by molar-refractivity contribution is 5.84. The van der Waals surface area contributed by atoms with Crippen molar-refractivity contribution in [2.45, 2.75) is 6.54 Å². The molecule has 2 aromatic rings. The number of anilines is 2. The van der Waals surface area contributed by atoms with Crippen LogP contribution in [0.3, 0.4) is 0 Å². The Morgan fingerprint density at radius 2 is 2.33 bits per heavy atom. The lowest BCUT2D eigenvalue weighted by molar-refractivity contribution is 0.187. The normalized spacial score (nSPS) is 9.83. The number of carbonyl (C=O) groups excluding carboxylic acids is 1. The van der Waals surface area contributed by atoms with E-state index in [9.17, 15) is 4.79 Å². The molecule has 0 aliphatic heterocycles. The molecule has 18 heavy (non-hydrogen) atoms. The lowest BCUT2D eigenvalue weighted by Crippen LogP contribution is -2.11. The number of hydrogen-bond donors (Lipinski definition) is 2. The molecule has 0 aromatic carbocycles. The van der Waals surface area contributed by atoms with E-state index in [1.54, 1.807) is 24.6 Å². The summed E-state index contributed by atoms with van der Waals surface area (Å²) < 4.78 is 9.66. The van der Waals surface area contributed by atoms with Gasteiger partial charge in [-0.15, -0.1) is 0 Å². The van der Waals surface area contributed by atoms with Gasteiger partial charge in [0.15, 0.2) is 0 Å². The highest BCUT2D eigenvalue weighted by atomic mass is 16.5. The topological polar surface area (TPSA) is 76.4 Å². The summed E-state index contributed by atoms with van der Waals surface area (Å²) in [4.78, 5) is 15.1. The van der Waals surface area contributed by atoms with Gasteiger partial charge in [0.25, 0.3) is 0 Å². The number of nitrogens with one attached hydrogen (secondary N) is 2. The molecule has 2 rings (SSSR count). The van der Waals surface area contributed by atoms with Crippen molar-refractivity contribution in [3.05, 3.63) is 42.5 Å². The summed E-state index contributed by atoms with van der Waals surface area (Å²) in [7, 11) is 1.31. The summed E-state index contributed by atoms with van der Waals surface area (Å²) >= 11 is 0. The lowest BCUT2D eigenvalue weighted by atomic mass is 10.4. The molecule has 6 heteroatoms. The van der Waals surface area contributed by atoms with Crippen molar-refractivity contribution in [1.82, 2.24) is 4.98 Å². The minimum absolute atomic E-state index is 0.520. The summed E-state index contributed by atoms with van der Waals surface area (Å²) in [6, 6.07) is 7.19. The molecule has 1 amide bonds. The van der Waals surface area contributed by atoms with Gasteiger partial charge in [-0.3, -0.25) is 5.32 Å². The molecule has 0 unspecified atom stereocenters. The zero-order valence-electron chi connectivity index (χ0n) is 9.84. The summed E-state index contributed by atoms with van der Waals surface area (Å²) in [6.07, 6.45) is 2.64. The number of rotatable bonds is 4. The summed E-state index contributed by atoms with van der Waals surface area (Å²) in [6.45, 7) is 0.559. The van der Waals surface area contributed by atoms with Crippen LogP contribution in [0, 0.1) is 0 Å². The smallest absolute Gasteiger partial charge is 0.411 e. The van der Waals surface area contributed by atoms with Crippen molar-refractivity contribution in [3.8, 4) is 0 Å². The number of nitrogens with zero attached hydrogens (tertiary/aromatic N) is 1. The van der Waals surface area contributed by atoms with E-state index >= 15 is 0 Å². The molecule has 0 fully saturated rings. The fraction of sp³-hybridized carbons (Fsp3) is 0.167. The number of ether oxygens (including phenoxy) is 1. The van der Waals surface area contributed by atoms with E-state index in [1.165, 1.54) is 7.11 Å². The number of aromatic nitrogens is 1. The van der Waals surface area contributed by atoms with Crippen molar-refractivity contribution in [2.75, 3.05) is 17.7 Å². The average Bonchev–Trinajstić information content (AvgIpc) is 2.91. The van der Waals surface area contributed by atoms with Gasteiger partial charge >= 0.3 is 6.09 Å². The van der Waals surface area contributed by atoms with Crippen LogP contribution in [0.5, 0.6) is 0 Å². The highest BCUT2D eigenvalue weighted by Crippen LogP contribution is 2.11. The van der Waals surface area contributed by atoms with Gasteiger partial charge in [-0.25, -0.2) is 9.78 Å². The summed E-state index contributed by atoms with van der Waals surface area (Å²) in [5, 5.41) is 5.61. The highest BCUT2D eigenvalue weighted by Gasteiger charge is 2.01. The first-order valence-electron chi connectivity index (χ1n) is 5.35. The molecule has 0 aliphatic rings. The number of hydrogen-bond acceptors (Lipinski definition) is 5. The first-order chi connectivity index (χ1) is 8.78. The molecule has 0 spiro atoms. The minimum Gasteiger partial charge on any atom is -0.467 e. The predicted octanol–water partition coefficient (Wildman–Crippen LogP) is 2.47. The van der Waals surface area contributed by atoms with Crippen molar-refractivity contribution in [3.63, 3.8) is 0 Å². The second kappa shape index (κ2) is 5.72. The molecular weight excluding hydrogens is 234 g/mol. The molecule has 0 radical (unpaired) electrons. The van der Waals surface area contributed by atoms with Gasteiger partial charge in [-0.2, -0.15) is 0 Å². The summed E-state index contributed by atoms with van der Waals surface area (Å²) in [5.41, 5.74) is 0.574. The third kappa shape index (κ3) is 3.24. The quantitative estimate of drug-likeness (QED) is 0.867. The maximum absolute atomic E-state index is 11.0. The molecule has 6 nitrogen and oxygen atoms in total. The Hall–Kier alpha value is -2.50. The van der Waals surface area contributed by atoms with Gasteiger partial charge in [0, 0.05) is 0 Å². The van der Waals surface area contributed by atoms with E-state index in [0.717, 1.165) is 5.76 Å². The average molecular weight is 247 g/mol. The zero-order valence-corrected chi connectivity index (χ0v) is 9.84. The Labute approximate surface area is 104 Å². The fourth-order valence-electron chi connectivity index (χ4n) is 1.33. The van der Waals surface area contributed by atoms with E-state index in [0.29, 0.717) is 18.1 Å². The predicted molar refractivity (Wildman–Crippen MR) is 66.3 cm³/mol. The molecule has 2 heterocycles. The fourth-order valence-corrected chi connectivity index (χ4v) is 1.33. The van der Waals surface area contributed by atoms with Crippen molar-refractivity contribution < 1.29 is 13.9 Å². The number of pyridine rings is 1. The minimum atomic E-state index is -0.520. The molecule has 2 aromatic heterocycles. The Bertz CT molecular complexity index is 494. The van der Waals surface area contributed by atoms with Crippen LogP contribution >= 0.6 is 0 Å². The van der Waals surface area contributed by atoms with Gasteiger partial charge in [0.1, 0.15) is 11.6 Å². The van der Waals surface area contributed by atoms with Crippen LogP contribution in [-0.4, -0.2) is 18.2 Å². The van der Waals surface area contributed by atoms with Crippen LogP contribution in [0.2, 0.25) is 0 Å². The standard InChI is InChI=1S/C12H13N3O3/c1-17-12(16)15-9-4-5-11(13-7-9)14-8-10-3-2-6-18-10/h2-7H,8H2,1H3,(H,13,14)(H,15,16). The molecular formula is C12H13N3O3. The molecule has 0 saturated carbocycles. The number of furan rings is 1. The van der Waals surface area contributed by atoms with Crippen molar-refractivity contribution >= 4 is 17.6 Å². The van der Waals surface area contributed by atoms with Crippen LogP contribution in [0.15, 0.2) is 41.1 Å². The molecule has 0 bridgehead atoms. The van der Waals surface area contributed by atoms with Gasteiger partial charge in [0.05, 0.1) is 31.8 Å². The number of methoxy groups -OCH3 is 1. The first kappa shape index (κ1) is 12.0.